The lowest BCUT2D eigenvalue weighted by atomic mass is 10.1. The van der Waals surface area contributed by atoms with Gasteiger partial charge in [0, 0.05) is 29.8 Å². The summed E-state index contributed by atoms with van der Waals surface area (Å²) >= 11 is 0. The minimum atomic E-state index is 0.529. The minimum absolute atomic E-state index is 0.529. The van der Waals surface area contributed by atoms with Crippen LogP contribution in [0, 0.1) is 0 Å². The van der Waals surface area contributed by atoms with Crippen molar-refractivity contribution in [1.82, 2.24) is 20.3 Å². The third-order valence-electron chi connectivity index (χ3n) is 3.61. The monoisotopic (exact) mass is 342 g/mol. The summed E-state index contributed by atoms with van der Waals surface area (Å²) < 4.78 is 4.63. The van der Waals surface area contributed by atoms with Crippen molar-refractivity contribution < 1.29 is 4.52 Å². The average Bonchev–Trinajstić information content (AvgIpc) is 3.30. The predicted molar refractivity (Wildman–Crippen MR) is 102 cm³/mol. The summed E-state index contributed by atoms with van der Waals surface area (Å²) in [6.45, 7) is 12.8. The Morgan fingerprint density at radius 2 is 1.56 bits per heavy atom. The molecule has 0 amide bonds. The van der Waals surface area contributed by atoms with Crippen LogP contribution in [0.5, 0.6) is 0 Å². The molecular weight excluding hydrogens is 312 g/mol. The Kier molecular flexibility index (Phi) is 9.22. The molecule has 0 fully saturated rings. The minimum Gasteiger partial charge on any atom is -0.364 e. The van der Waals surface area contributed by atoms with Gasteiger partial charge in [0.2, 0.25) is 0 Å². The van der Waals surface area contributed by atoms with Crippen LogP contribution < -0.4 is 0 Å². The van der Waals surface area contributed by atoms with E-state index in [0.29, 0.717) is 17.8 Å². The van der Waals surface area contributed by atoms with Gasteiger partial charge in [-0.25, -0.2) is 0 Å². The molecule has 3 aromatic heterocycles. The van der Waals surface area contributed by atoms with Gasteiger partial charge in [-0.1, -0.05) is 52.8 Å². The molecular formula is C20H30N4O. The molecule has 0 saturated carbocycles. The Hall–Kier alpha value is -2.43. The van der Waals surface area contributed by atoms with E-state index in [1.807, 2.05) is 18.3 Å². The first-order valence-electron chi connectivity index (χ1n) is 8.70. The Morgan fingerprint density at radius 1 is 0.840 bits per heavy atom. The fourth-order valence-corrected chi connectivity index (χ4v) is 1.80. The molecule has 3 rings (SSSR count). The highest BCUT2D eigenvalue weighted by molar-refractivity contribution is 5.12. The van der Waals surface area contributed by atoms with Gasteiger partial charge in [-0.05, 0) is 35.4 Å². The zero-order valence-corrected chi connectivity index (χ0v) is 16.1. The number of hydrogen-bond acceptors (Lipinski definition) is 4. The van der Waals surface area contributed by atoms with Crippen molar-refractivity contribution in [2.24, 2.45) is 0 Å². The first-order chi connectivity index (χ1) is 11.9. The maximum atomic E-state index is 4.63. The Balaban J connectivity index is 0.000000188. The number of aromatic nitrogens is 4. The van der Waals surface area contributed by atoms with E-state index in [2.05, 4.69) is 72.5 Å². The molecule has 5 heteroatoms. The summed E-state index contributed by atoms with van der Waals surface area (Å²) in [5.74, 6) is 1.69. The Bertz CT molecular complexity index is 606. The highest BCUT2D eigenvalue weighted by atomic mass is 16.5. The van der Waals surface area contributed by atoms with Gasteiger partial charge >= 0.3 is 0 Å². The van der Waals surface area contributed by atoms with Crippen LogP contribution in [-0.2, 0) is 0 Å². The van der Waals surface area contributed by atoms with Crippen LogP contribution in [0.4, 0.5) is 0 Å². The SMILES string of the molecule is CC(C)c1cccnc1.CC(C)c1ccn[nH]1.CC(C)c1cnoc1. The van der Waals surface area contributed by atoms with E-state index in [1.54, 1.807) is 24.9 Å². The zero-order valence-electron chi connectivity index (χ0n) is 16.1. The van der Waals surface area contributed by atoms with Crippen LogP contribution in [0.3, 0.4) is 0 Å². The lowest BCUT2D eigenvalue weighted by molar-refractivity contribution is 0.418. The summed E-state index contributed by atoms with van der Waals surface area (Å²) in [7, 11) is 0. The largest absolute Gasteiger partial charge is 0.364 e. The highest BCUT2D eigenvalue weighted by Gasteiger charge is 1.98. The van der Waals surface area contributed by atoms with Crippen LogP contribution in [0.1, 0.15) is 76.1 Å². The molecule has 136 valence electrons. The molecule has 0 atom stereocenters. The van der Waals surface area contributed by atoms with Crippen LogP contribution >= 0.6 is 0 Å². The van der Waals surface area contributed by atoms with Crippen LogP contribution in [0.15, 0.2) is 53.8 Å². The van der Waals surface area contributed by atoms with E-state index in [9.17, 15) is 0 Å². The summed E-state index contributed by atoms with van der Waals surface area (Å²) in [5, 5.41) is 10.3. The van der Waals surface area contributed by atoms with E-state index in [4.69, 9.17) is 0 Å². The molecule has 0 aliphatic rings. The van der Waals surface area contributed by atoms with Gasteiger partial charge in [0.05, 0.1) is 6.20 Å². The molecule has 0 radical (unpaired) electrons. The molecule has 1 N–H and O–H groups in total. The van der Waals surface area contributed by atoms with Crippen molar-refractivity contribution in [2.45, 2.75) is 59.3 Å². The Morgan fingerprint density at radius 3 is 1.84 bits per heavy atom. The lowest BCUT2D eigenvalue weighted by Gasteiger charge is -2.00. The van der Waals surface area contributed by atoms with Crippen LogP contribution in [0.2, 0.25) is 0 Å². The second-order valence-electron chi connectivity index (χ2n) is 6.72. The maximum absolute atomic E-state index is 4.63. The number of rotatable bonds is 3. The van der Waals surface area contributed by atoms with Crippen LogP contribution in [-0.4, -0.2) is 20.3 Å². The van der Waals surface area contributed by atoms with Crippen molar-refractivity contribution in [2.75, 3.05) is 0 Å². The average molecular weight is 342 g/mol. The Labute approximate surface area is 150 Å². The van der Waals surface area contributed by atoms with Gasteiger partial charge in [0.1, 0.15) is 6.26 Å². The molecule has 5 nitrogen and oxygen atoms in total. The third-order valence-corrected chi connectivity index (χ3v) is 3.61. The second kappa shape index (κ2) is 11.2. The number of pyridine rings is 1. The normalized spacial score (nSPS) is 10.3. The molecule has 0 bridgehead atoms. The standard InChI is InChI=1S/C8H11N.C6H10N2.C6H9NO/c1-7(2)8-4-3-5-9-6-8;1-5(2)6-3-4-7-8-6;1-5(2)6-3-7-8-4-6/h3-7H,1-2H3;3-5H,1-2H3,(H,7,8);3-5H,1-2H3. The first kappa shape index (κ1) is 20.6. The van der Waals surface area contributed by atoms with Crippen molar-refractivity contribution in [3.05, 3.63) is 66.1 Å². The highest BCUT2D eigenvalue weighted by Crippen LogP contribution is 2.11. The molecule has 3 heterocycles. The molecule has 25 heavy (non-hydrogen) atoms. The van der Waals surface area contributed by atoms with Crippen molar-refractivity contribution in [1.29, 1.82) is 0 Å². The second-order valence-corrected chi connectivity index (χ2v) is 6.72. The van der Waals surface area contributed by atoms with Crippen molar-refractivity contribution >= 4 is 0 Å². The molecule has 0 unspecified atom stereocenters. The smallest absolute Gasteiger partial charge is 0.127 e. The number of nitrogens with one attached hydrogen (secondary N) is 1. The predicted octanol–water partition coefficient (Wildman–Crippen LogP) is 5.54. The van der Waals surface area contributed by atoms with E-state index >= 15 is 0 Å². The van der Waals surface area contributed by atoms with Gasteiger partial charge in [0.15, 0.2) is 0 Å². The van der Waals surface area contributed by atoms with E-state index in [1.165, 1.54) is 11.3 Å². The molecule has 0 aromatic carbocycles. The fraction of sp³-hybridized carbons (Fsp3) is 0.450. The first-order valence-corrected chi connectivity index (χ1v) is 8.70. The van der Waals surface area contributed by atoms with Gasteiger partial charge < -0.3 is 4.52 Å². The molecule has 0 spiro atoms. The van der Waals surface area contributed by atoms with Crippen molar-refractivity contribution in [3.8, 4) is 0 Å². The number of aromatic amines is 1. The third kappa shape index (κ3) is 8.29. The summed E-state index contributed by atoms with van der Waals surface area (Å²) in [6.07, 6.45) is 8.89. The quantitative estimate of drug-likeness (QED) is 0.679. The topological polar surface area (TPSA) is 67.6 Å². The van der Waals surface area contributed by atoms with Gasteiger partial charge in [-0.2, -0.15) is 5.10 Å². The lowest BCUT2D eigenvalue weighted by Crippen LogP contribution is -1.85. The van der Waals surface area contributed by atoms with E-state index in [0.717, 1.165) is 5.56 Å². The molecule has 3 aromatic rings. The number of nitrogens with zero attached hydrogens (tertiary/aromatic N) is 3. The van der Waals surface area contributed by atoms with Gasteiger partial charge in [0.25, 0.3) is 0 Å². The van der Waals surface area contributed by atoms with Crippen molar-refractivity contribution in [3.63, 3.8) is 0 Å². The maximum Gasteiger partial charge on any atom is 0.127 e. The summed E-state index contributed by atoms with van der Waals surface area (Å²) in [6, 6.07) is 6.05. The molecule has 0 aliphatic heterocycles. The van der Waals surface area contributed by atoms with E-state index < -0.39 is 0 Å². The van der Waals surface area contributed by atoms with E-state index in [-0.39, 0.29) is 0 Å². The van der Waals surface area contributed by atoms with Gasteiger partial charge in [-0.3, -0.25) is 10.1 Å². The summed E-state index contributed by atoms with van der Waals surface area (Å²) in [4.78, 5) is 4.01. The van der Waals surface area contributed by atoms with Gasteiger partial charge in [-0.15, -0.1) is 0 Å². The molecule has 0 saturated heterocycles. The number of hydrogen-bond donors (Lipinski definition) is 1. The fourth-order valence-electron chi connectivity index (χ4n) is 1.80. The summed E-state index contributed by atoms with van der Waals surface area (Å²) in [5.41, 5.74) is 3.66. The molecule has 0 aliphatic carbocycles. The number of H-pyrrole nitrogens is 1. The zero-order chi connectivity index (χ0) is 18.7. The van der Waals surface area contributed by atoms with Crippen LogP contribution in [0.25, 0.3) is 0 Å².